The van der Waals surface area contributed by atoms with Crippen LogP contribution in [0.1, 0.15) is 5.69 Å². The lowest BCUT2D eigenvalue weighted by Gasteiger charge is -1.99. The van der Waals surface area contributed by atoms with Crippen LogP contribution in [0.25, 0.3) is 0 Å². The van der Waals surface area contributed by atoms with Gasteiger partial charge in [-0.2, -0.15) is 0 Å². The van der Waals surface area contributed by atoms with Crippen LogP contribution in [0.5, 0.6) is 0 Å². The number of amides is 2. The Morgan fingerprint density at radius 2 is 2.45 bits per heavy atom. The Morgan fingerprint density at radius 3 is 2.91 bits per heavy atom. The lowest BCUT2D eigenvalue weighted by atomic mass is 10.4. The molecule has 4 N–H and O–H groups in total. The zero-order chi connectivity index (χ0) is 8.27. The van der Waals surface area contributed by atoms with Gasteiger partial charge in [-0.05, 0) is 12.1 Å². The Bertz CT molecular complexity index is 267. The third-order valence-corrected chi connectivity index (χ3v) is 1.40. The Hall–Kier alpha value is -1.36. The van der Waals surface area contributed by atoms with Crippen LogP contribution < -0.4 is 11.1 Å². The maximum absolute atomic E-state index is 10.3. The summed E-state index contributed by atoms with van der Waals surface area (Å²) in [5.41, 5.74) is 5.53. The average Bonchev–Trinajstić information content (AvgIpc) is 2.35. The number of thiocarbonyl (C=S) groups is 1. The second kappa shape index (κ2) is 3.16. The summed E-state index contributed by atoms with van der Waals surface area (Å²) in [6.07, 6.45) is 1.71. The van der Waals surface area contributed by atoms with Crippen molar-refractivity contribution in [1.29, 1.82) is 0 Å². The highest BCUT2D eigenvalue weighted by Gasteiger charge is 2.01. The molecule has 11 heavy (non-hydrogen) atoms. The van der Waals surface area contributed by atoms with Crippen molar-refractivity contribution in [3.63, 3.8) is 0 Å². The van der Waals surface area contributed by atoms with Gasteiger partial charge in [0.05, 0.1) is 5.69 Å². The lowest BCUT2D eigenvalue weighted by molar-refractivity contribution is 0.253. The zero-order valence-corrected chi connectivity index (χ0v) is 6.44. The summed E-state index contributed by atoms with van der Waals surface area (Å²) in [6, 6.07) is 2.88. The molecule has 0 saturated heterocycles. The molecule has 4 nitrogen and oxygen atoms in total. The molecule has 0 radical (unpaired) electrons. The molecule has 0 aliphatic rings. The fraction of sp³-hybridized carbons (Fsp3) is 0. The van der Waals surface area contributed by atoms with Crippen LogP contribution in [0, 0.1) is 0 Å². The van der Waals surface area contributed by atoms with Gasteiger partial charge >= 0.3 is 6.03 Å². The van der Waals surface area contributed by atoms with Gasteiger partial charge in [0.2, 0.25) is 0 Å². The van der Waals surface area contributed by atoms with E-state index in [-0.39, 0.29) is 0 Å². The van der Waals surface area contributed by atoms with Gasteiger partial charge in [-0.25, -0.2) is 4.79 Å². The van der Waals surface area contributed by atoms with Gasteiger partial charge in [0, 0.05) is 6.20 Å². The summed E-state index contributed by atoms with van der Waals surface area (Å²) in [6.45, 7) is 0. The molecule has 1 aromatic heterocycles. The van der Waals surface area contributed by atoms with Gasteiger partial charge < -0.3 is 10.7 Å². The smallest absolute Gasteiger partial charge is 0.317 e. The zero-order valence-electron chi connectivity index (χ0n) is 5.63. The predicted octanol–water partition coefficient (Wildman–Crippen LogP) is 0.359. The molecular formula is C6H7N3OS. The maximum Gasteiger partial charge on any atom is 0.317 e. The lowest BCUT2D eigenvalue weighted by Crippen LogP contribution is -2.34. The molecule has 0 aliphatic heterocycles. The second-order valence-electron chi connectivity index (χ2n) is 1.90. The van der Waals surface area contributed by atoms with E-state index in [9.17, 15) is 4.79 Å². The molecule has 0 atom stereocenters. The molecule has 58 valence electrons. The van der Waals surface area contributed by atoms with E-state index >= 15 is 0 Å². The number of hydrogen-bond donors (Lipinski definition) is 3. The quantitative estimate of drug-likeness (QED) is 0.531. The van der Waals surface area contributed by atoms with Crippen molar-refractivity contribution < 1.29 is 4.79 Å². The topological polar surface area (TPSA) is 70.9 Å². The molecule has 5 heteroatoms. The SMILES string of the molecule is NC(=O)NC(=S)c1ccc[nH]1. The van der Waals surface area contributed by atoms with Gasteiger partial charge in [-0.1, -0.05) is 12.2 Å². The predicted molar refractivity (Wildman–Crippen MR) is 45.2 cm³/mol. The first-order valence-electron chi connectivity index (χ1n) is 2.94. The van der Waals surface area contributed by atoms with Crippen LogP contribution in [0.3, 0.4) is 0 Å². The number of aromatic amines is 1. The number of urea groups is 1. The van der Waals surface area contributed by atoms with Gasteiger partial charge in [-0.15, -0.1) is 0 Å². The number of aromatic nitrogens is 1. The van der Waals surface area contributed by atoms with E-state index in [1.165, 1.54) is 0 Å². The summed E-state index contributed by atoms with van der Waals surface area (Å²) >= 11 is 4.81. The van der Waals surface area contributed by atoms with E-state index in [2.05, 4.69) is 10.3 Å². The summed E-state index contributed by atoms with van der Waals surface area (Å²) in [5.74, 6) is 0. The van der Waals surface area contributed by atoms with Crippen LogP contribution in [0.2, 0.25) is 0 Å². The van der Waals surface area contributed by atoms with Crippen LogP contribution in [0.15, 0.2) is 18.3 Å². The van der Waals surface area contributed by atoms with Crippen molar-refractivity contribution in [2.75, 3.05) is 0 Å². The molecule has 0 saturated carbocycles. The van der Waals surface area contributed by atoms with Crippen molar-refractivity contribution in [2.45, 2.75) is 0 Å². The van der Waals surface area contributed by atoms with Crippen molar-refractivity contribution >= 4 is 23.2 Å². The monoisotopic (exact) mass is 169 g/mol. The number of carbonyl (C=O) groups excluding carboxylic acids is 1. The van der Waals surface area contributed by atoms with Gasteiger partial charge in [0.1, 0.15) is 4.99 Å². The molecule has 0 spiro atoms. The second-order valence-corrected chi connectivity index (χ2v) is 2.31. The highest BCUT2D eigenvalue weighted by molar-refractivity contribution is 7.80. The number of carbonyl (C=O) groups is 1. The van der Waals surface area contributed by atoms with Crippen LogP contribution in [0.4, 0.5) is 4.79 Å². The largest absolute Gasteiger partial charge is 0.359 e. The molecule has 2 amide bonds. The van der Waals surface area contributed by atoms with E-state index in [1.54, 1.807) is 18.3 Å². The van der Waals surface area contributed by atoms with Crippen molar-refractivity contribution in [1.82, 2.24) is 10.3 Å². The minimum atomic E-state index is -0.649. The molecule has 0 aliphatic carbocycles. The highest BCUT2D eigenvalue weighted by atomic mass is 32.1. The maximum atomic E-state index is 10.3. The van der Waals surface area contributed by atoms with Crippen LogP contribution >= 0.6 is 12.2 Å². The summed E-state index contributed by atoms with van der Waals surface area (Å²) in [5, 5.41) is 2.28. The highest BCUT2D eigenvalue weighted by Crippen LogP contribution is 1.94. The van der Waals surface area contributed by atoms with Crippen LogP contribution in [-0.4, -0.2) is 16.0 Å². The third kappa shape index (κ3) is 2.05. The van der Waals surface area contributed by atoms with Gasteiger partial charge in [-0.3, -0.25) is 5.32 Å². The van der Waals surface area contributed by atoms with Crippen molar-refractivity contribution in [2.24, 2.45) is 5.73 Å². The average molecular weight is 169 g/mol. The van der Waals surface area contributed by atoms with Gasteiger partial charge in [0.15, 0.2) is 0 Å². The Morgan fingerprint density at radius 1 is 1.73 bits per heavy atom. The number of H-pyrrole nitrogens is 1. The van der Waals surface area contributed by atoms with Gasteiger partial charge in [0.25, 0.3) is 0 Å². The van der Waals surface area contributed by atoms with E-state index in [0.29, 0.717) is 10.7 Å². The molecule has 0 fully saturated rings. The minimum absolute atomic E-state index is 0.308. The van der Waals surface area contributed by atoms with E-state index in [4.69, 9.17) is 18.0 Å². The third-order valence-electron chi connectivity index (χ3n) is 1.08. The van der Waals surface area contributed by atoms with Crippen LogP contribution in [-0.2, 0) is 0 Å². The number of rotatable bonds is 1. The van der Waals surface area contributed by atoms with E-state index in [1.807, 2.05) is 0 Å². The summed E-state index contributed by atoms with van der Waals surface area (Å²) in [4.78, 5) is 13.5. The fourth-order valence-corrected chi connectivity index (χ4v) is 0.878. The summed E-state index contributed by atoms with van der Waals surface area (Å²) in [7, 11) is 0. The molecule has 0 bridgehead atoms. The molecule has 0 unspecified atom stereocenters. The fourth-order valence-electron chi connectivity index (χ4n) is 0.651. The number of nitrogens with one attached hydrogen (secondary N) is 2. The van der Waals surface area contributed by atoms with Crippen molar-refractivity contribution in [3.05, 3.63) is 24.0 Å². The first-order valence-corrected chi connectivity index (χ1v) is 3.35. The number of primary amides is 1. The molecule has 0 aromatic carbocycles. The molecule has 1 heterocycles. The Kier molecular flexibility index (Phi) is 2.22. The first kappa shape index (κ1) is 7.74. The molecular weight excluding hydrogens is 162 g/mol. The first-order chi connectivity index (χ1) is 5.20. The number of hydrogen-bond acceptors (Lipinski definition) is 2. The standard InChI is InChI=1S/C6H7N3OS/c7-6(10)9-5(11)4-2-1-3-8-4/h1-3,8H,(H3,7,9,10,11). The Labute approximate surface area is 68.8 Å². The summed E-state index contributed by atoms with van der Waals surface area (Å²) < 4.78 is 0. The minimum Gasteiger partial charge on any atom is -0.359 e. The normalized spacial score (nSPS) is 9.09. The van der Waals surface area contributed by atoms with E-state index < -0.39 is 6.03 Å². The molecule has 1 aromatic rings. The number of nitrogens with two attached hydrogens (primary N) is 1. The Balaban J connectivity index is 2.64. The van der Waals surface area contributed by atoms with E-state index in [0.717, 1.165) is 0 Å². The van der Waals surface area contributed by atoms with Crippen molar-refractivity contribution in [3.8, 4) is 0 Å². The molecule has 1 rings (SSSR count).